The Bertz CT molecular complexity index is 1570. The number of rotatable bonds is 17. The molecule has 0 unspecified atom stereocenters. The van der Waals surface area contributed by atoms with Gasteiger partial charge < -0.3 is 39.6 Å². The first-order valence-corrected chi connectivity index (χ1v) is 15.4. The fourth-order valence-corrected chi connectivity index (χ4v) is 5.15. The number of pyridine rings is 1. The summed E-state index contributed by atoms with van der Waals surface area (Å²) in [7, 11) is 5.62. The zero-order chi connectivity index (χ0) is 32.2. The Morgan fingerprint density at radius 2 is 1.87 bits per heavy atom. The van der Waals surface area contributed by atoms with Crippen LogP contribution in [0.1, 0.15) is 31.2 Å². The van der Waals surface area contributed by atoms with Crippen LogP contribution in [-0.2, 0) is 33.8 Å². The van der Waals surface area contributed by atoms with Gasteiger partial charge in [0.2, 0.25) is 0 Å². The molecule has 2 aromatic carbocycles. The van der Waals surface area contributed by atoms with Gasteiger partial charge in [-0.05, 0) is 57.6 Å². The highest BCUT2D eigenvalue weighted by Gasteiger charge is 2.18. The number of carbonyl (C=O) groups is 2. The van der Waals surface area contributed by atoms with Crippen LogP contribution in [0.3, 0.4) is 0 Å². The zero-order valence-electron chi connectivity index (χ0n) is 26.8. The summed E-state index contributed by atoms with van der Waals surface area (Å²) >= 11 is 0. The molecule has 4 rings (SSSR count). The van der Waals surface area contributed by atoms with E-state index < -0.39 is 5.97 Å². The molecule has 45 heavy (non-hydrogen) atoms. The van der Waals surface area contributed by atoms with Crippen LogP contribution in [0.2, 0.25) is 0 Å². The van der Waals surface area contributed by atoms with E-state index in [-0.39, 0.29) is 12.6 Å². The summed E-state index contributed by atoms with van der Waals surface area (Å²) in [5.41, 5.74) is 9.75. The maximum Gasteiger partial charge on any atom is 0.344 e. The Morgan fingerprint density at radius 3 is 2.64 bits per heavy atom. The molecule has 0 aliphatic carbocycles. The first-order chi connectivity index (χ1) is 21.8. The van der Waals surface area contributed by atoms with Gasteiger partial charge in [-0.3, -0.25) is 0 Å². The minimum absolute atomic E-state index is 0.131. The molecule has 0 radical (unpaired) electrons. The van der Waals surface area contributed by atoms with Crippen molar-refractivity contribution in [2.45, 2.75) is 39.3 Å². The number of hydrogen-bond acceptors (Lipinski definition) is 9. The topological polar surface area (TPSA) is 137 Å². The number of esters is 1. The Labute approximate surface area is 264 Å². The molecule has 0 aliphatic heterocycles. The number of para-hydroxylation sites is 1. The van der Waals surface area contributed by atoms with E-state index in [1.165, 1.54) is 0 Å². The number of hydrogen-bond donors (Lipinski definition) is 2. The Hall–Kier alpha value is -4.42. The molecule has 0 atom stereocenters. The highest BCUT2D eigenvalue weighted by Crippen LogP contribution is 2.29. The molecule has 0 aliphatic rings. The molecule has 0 bridgehead atoms. The van der Waals surface area contributed by atoms with Crippen LogP contribution in [0.25, 0.3) is 21.9 Å². The number of likely N-dealkylation sites (N-methyl/N-ethyl adjacent to an activating group) is 1. The summed E-state index contributed by atoms with van der Waals surface area (Å²) in [4.78, 5) is 38.3. The number of ether oxygens (including phenoxy) is 3. The summed E-state index contributed by atoms with van der Waals surface area (Å²) in [5, 5.41) is 4.05. The number of carbonyl (C=O) groups excluding carboxylic acids is 2. The fraction of sp³-hybridized carbons (Fsp3) is 0.455. The van der Waals surface area contributed by atoms with Gasteiger partial charge in [-0.1, -0.05) is 30.3 Å². The normalized spacial score (nSPS) is 11.3. The molecule has 3 N–H and O–H groups in total. The summed E-state index contributed by atoms with van der Waals surface area (Å²) in [6.07, 6.45) is 2.22. The number of benzene rings is 2. The molecule has 12 nitrogen and oxygen atoms in total. The van der Waals surface area contributed by atoms with Crippen molar-refractivity contribution in [2.75, 3.05) is 66.4 Å². The lowest BCUT2D eigenvalue weighted by atomic mass is 10.1. The first-order valence-electron chi connectivity index (χ1n) is 15.4. The van der Waals surface area contributed by atoms with Crippen LogP contribution in [0.15, 0.2) is 48.5 Å². The average molecular weight is 620 g/mol. The number of nitrogens with one attached hydrogen (secondary N) is 1. The molecular formula is C33H45N7O5. The predicted octanol–water partition coefficient (Wildman–Crippen LogP) is 3.85. The number of nitrogens with two attached hydrogens (primary N) is 1. The van der Waals surface area contributed by atoms with Crippen molar-refractivity contribution in [1.82, 2.24) is 29.7 Å². The maximum atomic E-state index is 13.3. The van der Waals surface area contributed by atoms with Crippen LogP contribution >= 0.6 is 0 Å². The van der Waals surface area contributed by atoms with E-state index in [4.69, 9.17) is 24.9 Å². The van der Waals surface area contributed by atoms with Gasteiger partial charge in [0.15, 0.2) is 12.4 Å². The number of urea groups is 1. The fourth-order valence-electron chi connectivity index (χ4n) is 5.15. The van der Waals surface area contributed by atoms with Crippen LogP contribution < -0.4 is 15.8 Å². The van der Waals surface area contributed by atoms with Crippen molar-refractivity contribution in [3.8, 4) is 5.75 Å². The largest absolute Gasteiger partial charge is 0.482 e. The van der Waals surface area contributed by atoms with Crippen molar-refractivity contribution < 1.29 is 23.8 Å². The average Bonchev–Trinajstić information content (AvgIpc) is 3.39. The quantitative estimate of drug-likeness (QED) is 0.133. The van der Waals surface area contributed by atoms with Gasteiger partial charge in [0, 0.05) is 51.6 Å². The van der Waals surface area contributed by atoms with Crippen LogP contribution in [0, 0.1) is 0 Å². The van der Waals surface area contributed by atoms with Crippen molar-refractivity contribution in [3.05, 3.63) is 59.9 Å². The summed E-state index contributed by atoms with van der Waals surface area (Å²) < 4.78 is 18.2. The molecule has 4 aromatic rings. The number of imidazole rings is 1. The molecular weight excluding hydrogens is 574 g/mol. The Kier molecular flexibility index (Phi) is 12.3. The van der Waals surface area contributed by atoms with E-state index in [2.05, 4.69) is 14.9 Å². The van der Waals surface area contributed by atoms with Gasteiger partial charge in [0.25, 0.3) is 0 Å². The molecule has 2 aromatic heterocycles. The van der Waals surface area contributed by atoms with Gasteiger partial charge in [-0.2, -0.15) is 0 Å². The van der Waals surface area contributed by atoms with E-state index in [1.54, 1.807) is 20.1 Å². The lowest BCUT2D eigenvalue weighted by Crippen LogP contribution is -2.42. The summed E-state index contributed by atoms with van der Waals surface area (Å²) in [6, 6.07) is 15.3. The molecule has 0 saturated carbocycles. The number of aryl methyl sites for hydroxylation is 1. The number of methoxy groups -OCH3 is 1. The van der Waals surface area contributed by atoms with Crippen LogP contribution in [-0.4, -0.2) is 97.0 Å². The van der Waals surface area contributed by atoms with E-state index in [0.29, 0.717) is 62.9 Å². The first kappa shape index (κ1) is 33.5. The Morgan fingerprint density at radius 1 is 1.04 bits per heavy atom. The van der Waals surface area contributed by atoms with Gasteiger partial charge in [0.05, 0.1) is 24.2 Å². The molecule has 0 saturated heterocycles. The van der Waals surface area contributed by atoms with Crippen molar-refractivity contribution in [3.63, 3.8) is 0 Å². The zero-order valence-corrected chi connectivity index (χ0v) is 26.8. The van der Waals surface area contributed by atoms with Gasteiger partial charge in [-0.25, -0.2) is 19.6 Å². The molecule has 12 heteroatoms. The second-order valence-electron chi connectivity index (χ2n) is 11.0. The second kappa shape index (κ2) is 16.6. The third-order valence-corrected chi connectivity index (χ3v) is 7.34. The van der Waals surface area contributed by atoms with E-state index in [9.17, 15) is 9.59 Å². The highest BCUT2D eigenvalue weighted by atomic mass is 16.6. The van der Waals surface area contributed by atoms with Crippen LogP contribution in [0.5, 0.6) is 5.75 Å². The molecule has 2 amide bonds. The van der Waals surface area contributed by atoms with Gasteiger partial charge in [-0.15, -0.1) is 0 Å². The smallest absolute Gasteiger partial charge is 0.344 e. The number of unbranched alkanes of at least 4 members (excludes halogenated alkanes) is 1. The molecule has 2 heterocycles. The molecule has 0 fully saturated rings. The van der Waals surface area contributed by atoms with Crippen molar-refractivity contribution in [1.29, 1.82) is 0 Å². The monoisotopic (exact) mass is 619 g/mol. The number of nitrogen functional groups attached to an aromatic ring is 1. The third kappa shape index (κ3) is 9.29. The number of fused-ring (bicyclic) bond motifs is 3. The number of amides is 2. The standard InChI is InChI=1S/C33H45N7O5/c1-5-44-29(41)23-45-25-12-10-11-24(21-25)22-39(33(42)35-16-19-38(2)3)17-8-9-18-40-28(15-20-43-4)37-30-31(40)26-13-6-7-14-27(26)36-32(30)34/h6-7,10-14,21H,5,8-9,15-20,22-23H2,1-4H3,(H2,34,36)(H,35,42). The Balaban J connectivity index is 1.48. The van der Waals surface area contributed by atoms with Crippen molar-refractivity contribution >= 4 is 39.8 Å². The van der Waals surface area contributed by atoms with E-state index in [1.807, 2.05) is 66.4 Å². The minimum Gasteiger partial charge on any atom is -0.482 e. The highest BCUT2D eigenvalue weighted by molar-refractivity contribution is 6.06. The van der Waals surface area contributed by atoms with Crippen LogP contribution in [0.4, 0.5) is 10.6 Å². The van der Waals surface area contributed by atoms with E-state index in [0.717, 1.165) is 47.2 Å². The van der Waals surface area contributed by atoms with E-state index >= 15 is 0 Å². The number of nitrogens with zero attached hydrogens (tertiary/aromatic N) is 5. The number of anilines is 1. The number of aromatic nitrogens is 3. The predicted molar refractivity (Wildman–Crippen MR) is 175 cm³/mol. The minimum atomic E-state index is -0.423. The lowest BCUT2D eigenvalue weighted by Gasteiger charge is -2.24. The van der Waals surface area contributed by atoms with Gasteiger partial charge in [0.1, 0.15) is 17.1 Å². The SMILES string of the molecule is CCOC(=O)COc1cccc(CN(CCCCn2c(CCOC)nc3c(N)nc4ccccc4c32)C(=O)NCCN(C)C)c1. The third-order valence-electron chi connectivity index (χ3n) is 7.34. The molecule has 242 valence electrons. The molecule has 0 spiro atoms. The van der Waals surface area contributed by atoms with Gasteiger partial charge >= 0.3 is 12.0 Å². The lowest BCUT2D eigenvalue weighted by molar-refractivity contribution is -0.145. The summed E-state index contributed by atoms with van der Waals surface area (Å²) in [6.45, 7) is 5.35. The summed E-state index contributed by atoms with van der Waals surface area (Å²) in [5.74, 6) is 1.43. The van der Waals surface area contributed by atoms with Crippen molar-refractivity contribution in [2.24, 2.45) is 0 Å². The second-order valence-corrected chi connectivity index (χ2v) is 11.0. The maximum absolute atomic E-state index is 13.3.